The van der Waals surface area contributed by atoms with Crippen molar-refractivity contribution in [2.75, 3.05) is 18.4 Å². The first-order chi connectivity index (χ1) is 11.8. The number of hydrogen-bond acceptors (Lipinski definition) is 3. The first-order valence-electron chi connectivity index (χ1n) is 8.86. The van der Waals surface area contributed by atoms with Gasteiger partial charge < -0.3 is 10.2 Å². The summed E-state index contributed by atoms with van der Waals surface area (Å²) >= 11 is 0. The number of nitrogens with zero attached hydrogens (tertiary/aromatic N) is 2. The van der Waals surface area contributed by atoms with Crippen LogP contribution in [0, 0.1) is 0 Å². The lowest BCUT2D eigenvalue weighted by molar-refractivity contribution is 0.0736. The van der Waals surface area contributed by atoms with Gasteiger partial charge in [0.05, 0.1) is 6.04 Å². The number of benzene rings is 1. The highest BCUT2D eigenvalue weighted by Crippen LogP contribution is 2.36. The Balaban J connectivity index is 1.82. The second kappa shape index (κ2) is 7.95. The number of anilines is 1. The molecule has 1 atom stereocenters. The van der Waals surface area contributed by atoms with Crippen LogP contribution in [-0.4, -0.2) is 28.9 Å². The lowest BCUT2D eigenvalue weighted by Gasteiger charge is -2.26. The molecule has 1 aromatic heterocycles. The average molecular weight is 323 g/mol. The summed E-state index contributed by atoms with van der Waals surface area (Å²) in [5.41, 5.74) is 1.89. The van der Waals surface area contributed by atoms with Gasteiger partial charge in [0.15, 0.2) is 0 Å². The maximum Gasteiger partial charge on any atom is 0.254 e. The fraction of sp³-hybridized carbons (Fsp3) is 0.400. The minimum absolute atomic E-state index is 0.107. The van der Waals surface area contributed by atoms with E-state index in [0.717, 1.165) is 55.7 Å². The fourth-order valence-electron chi connectivity index (χ4n) is 3.30. The van der Waals surface area contributed by atoms with E-state index in [1.165, 1.54) is 0 Å². The molecule has 0 aliphatic carbocycles. The third-order valence-electron chi connectivity index (χ3n) is 4.56. The Morgan fingerprint density at radius 1 is 1.25 bits per heavy atom. The molecule has 4 heteroatoms. The predicted molar refractivity (Wildman–Crippen MR) is 97.1 cm³/mol. The number of hydrogen-bond donors (Lipinski definition) is 1. The molecular weight excluding hydrogens is 298 g/mol. The third kappa shape index (κ3) is 3.58. The summed E-state index contributed by atoms with van der Waals surface area (Å²) in [5, 5.41) is 3.44. The second-order valence-electron chi connectivity index (χ2n) is 6.24. The monoisotopic (exact) mass is 323 g/mol. The number of nitrogens with one attached hydrogen (secondary N) is 1. The Kier molecular flexibility index (Phi) is 5.47. The summed E-state index contributed by atoms with van der Waals surface area (Å²) in [4.78, 5) is 19.4. The van der Waals surface area contributed by atoms with Crippen LogP contribution in [0.1, 0.15) is 54.6 Å². The van der Waals surface area contributed by atoms with Gasteiger partial charge in [-0.15, -0.1) is 0 Å². The summed E-state index contributed by atoms with van der Waals surface area (Å²) in [5.74, 6) is 1.03. The Labute approximate surface area is 143 Å². The summed E-state index contributed by atoms with van der Waals surface area (Å²) in [6, 6.07) is 13.7. The van der Waals surface area contributed by atoms with Gasteiger partial charge in [0.25, 0.3) is 5.91 Å². The molecule has 3 rings (SSSR count). The van der Waals surface area contributed by atoms with Gasteiger partial charge in [-0.2, -0.15) is 0 Å². The van der Waals surface area contributed by atoms with E-state index in [-0.39, 0.29) is 11.9 Å². The van der Waals surface area contributed by atoms with E-state index in [1.54, 1.807) is 0 Å². The van der Waals surface area contributed by atoms with Crippen LogP contribution in [0.15, 0.2) is 48.7 Å². The number of rotatable bonds is 6. The maximum absolute atomic E-state index is 12.9. The molecule has 1 N–H and O–H groups in total. The molecule has 1 aliphatic heterocycles. The van der Waals surface area contributed by atoms with Gasteiger partial charge in [0.2, 0.25) is 0 Å². The SMILES string of the molecule is CCCCNc1ncccc1[C@@H]1CCCN1C(=O)c1ccccc1. The quantitative estimate of drug-likeness (QED) is 0.807. The molecule has 0 spiro atoms. The predicted octanol–water partition coefficient (Wildman–Crippen LogP) is 4.27. The third-order valence-corrected chi connectivity index (χ3v) is 4.56. The zero-order valence-corrected chi connectivity index (χ0v) is 14.2. The van der Waals surface area contributed by atoms with Crippen molar-refractivity contribution in [2.24, 2.45) is 0 Å². The molecule has 1 amide bonds. The molecule has 2 aromatic rings. The van der Waals surface area contributed by atoms with E-state index in [9.17, 15) is 4.79 Å². The van der Waals surface area contributed by atoms with Gasteiger partial charge in [0.1, 0.15) is 5.82 Å². The Morgan fingerprint density at radius 3 is 2.88 bits per heavy atom. The fourth-order valence-corrected chi connectivity index (χ4v) is 3.30. The first kappa shape index (κ1) is 16.5. The Hall–Kier alpha value is -2.36. The summed E-state index contributed by atoms with van der Waals surface area (Å²) < 4.78 is 0. The van der Waals surface area contributed by atoms with Crippen molar-refractivity contribution in [2.45, 2.75) is 38.6 Å². The van der Waals surface area contributed by atoms with E-state index >= 15 is 0 Å². The van der Waals surface area contributed by atoms with Gasteiger partial charge in [-0.3, -0.25) is 4.79 Å². The topological polar surface area (TPSA) is 45.2 Å². The molecule has 1 saturated heterocycles. The summed E-state index contributed by atoms with van der Waals surface area (Å²) in [7, 11) is 0. The van der Waals surface area contributed by atoms with Gasteiger partial charge in [0, 0.05) is 30.4 Å². The number of carbonyl (C=O) groups excluding carboxylic acids is 1. The molecule has 1 fully saturated rings. The molecule has 4 nitrogen and oxygen atoms in total. The van der Waals surface area contributed by atoms with Crippen LogP contribution in [0.5, 0.6) is 0 Å². The van der Waals surface area contributed by atoms with Crippen LogP contribution in [0.2, 0.25) is 0 Å². The highest BCUT2D eigenvalue weighted by atomic mass is 16.2. The van der Waals surface area contributed by atoms with Crippen molar-refractivity contribution in [1.29, 1.82) is 0 Å². The van der Waals surface area contributed by atoms with Gasteiger partial charge in [-0.05, 0) is 37.5 Å². The van der Waals surface area contributed by atoms with Crippen LogP contribution in [0.4, 0.5) is 5.82 Å². The zero-order chi connectivity index (χ0) is 16.8. The molecule has 126 valence electrons. The standard InChI is InChI=1S/C20H25N3O/c1-2-3-13-21-19-17(11-7-14-22-19)18-12-8-15-23(18)20(24)16-9-5-4-6-10-16/h4-7,9-11,14,18H,2-3,8,12-13,15H2,1H3,(H,21,22)/t18-/m0/s1. The number of unbranched alkanes of at least 4 members (excludes halogenated alkanes) is 1. The molecule has 0 saturated carbocycles. The molecule has 1 aliphatic rings. The van der Waals surface area contributed by atoms with E-state index in [4.69, 9.17) is 0 Å². The summed E-state index contributed by atoms with van der Waals surface area (Å²) in [6.45, 7) is 3.90. The van der Waals surface area contributed by atoms with E-state index in [0.29, 0.717) is 0 Å². The van der Waals surface area contributed by atoms with E-state index in [1.807, 2.05) is 47.5 Å². The van der Waals surface area contributed by atoms with Crippen LogP contribution in [0.3, 0.4) is 0 Å². The number of likely N-dealkylation sites (tertiary alicyclic amines) is 1. The van der Waals surface area contributed by atoms with Gasteiger partial charge >= 0.3 is 0 Å². The molecule has 1 aromatic carbocycles. The lowest BCUT2D eigenvalue weighted by atomic mass is 10.0. The number of amides is 1. The molecule has 0 unspecified atom stereocenters. The molecule has 24 heavy (non-hydrogen) atoms. The highest BCUT2D eigenvalue weighted by molar-refractivity contribution is 5.94. The number of carbonyl (C=O) groups is 1. The molecule has 0 radical (unpaired) electrons. The summed E-state index contributed by atoms with van der Waals surface area (Å²) in [6.07, 6.45) is 6.11. The normalized spacial score (nSPS) is 17.0. The molecule has 0 bridgehead atoms. The van der Waals surface area contributed by atoms with Crippen LogP contribution < -0.4 is 5.32 Å². The molecule has 2 heterocycles. The average Bonchev–Trinajstić information content (AvgIpc) is 3.12. The van der Waals surface area contributed by atoms with Crippen LogP contribution in [-0.2, 0) is 0 Å². The van der Waals surface area contributed by atoms with Crippen molar-refractivity contribution in [3.63, 3.8) is 0 Å². The number of pyridine rings is 1. The highest BCUT2D eigenvalue weighted by Gasteiger charge is 2.32. The Morgan fingerprint density at radius 2 is 2.08 bits per heavy atom. The lowest BCUT2D eigenvalue weighted by Crippen LogP contribution is -2.31. The van der Waals surface area contributed by atoms with Crippen LogP contribution >= 0.6 is 0 Å². The van der Waals surface area contributed by atoms with Crippen molar-refractivity contribution < 1.29 is 4.79 Å². The van der Waals surface area contributed by atoms with Crippen molar-refractivity contribution in [3.05, 3.63) is 59.8 Å². The zero-order valence-electron chi connectivity index (χ0n) is 14.2. The van der Waals surface area contributed by atoms with Gasteiger partial charge in [-0.25, -0.2) is 4.98 Å². The van der Waals surface area contributed by atoms with Gasteiger partial charge in [-0.1, -0.05) is 37.6 Å². The smallest absolute Gasteiger partial charge is 0.254 e. The van der Waals surface area contributed by atoms with Crippen LogP contribution in [0.25, 0.3) is 0 Å². The largest absolute Gasteiger partial charge is 0.370 e. The minimum atomic E-state index is 0.107. The molecular formula is C20H25N3O. The Bertz CT molecular complexity index is 672. The minimum Gasteiger partial charge on any atom is -0.370 e. The van der Waals surface area contributed by atoms with E-state index < -0.39 is 0 Å². The van der Waals surface area contributed by atoms with Crippen molar-refractivity contribution in [3.8, 4) is 0 Å². The maximum atomic E-state index is 12.9. The number of aromatic nitrogens is 1. The second-order valence-corrected chi connectivity index (χ2v) is 6.24. The van der Waals surface area contributed by atoms with E-state index in [2.05, 4.69) is 23.3 Å². The first-order valence-corrected chi connectivity index (χ1v) is 8.86. The van der Waals surface area contributed by atoms with Crippen molar-refractivity contribution in [1.82, 2.24) is 9.88 Å². The van der Waals surface area contributed by atoms with Crippen molar-refractivity contribution >= 4 is 11.7 Å².